The molecule has 0 saturated heterocycles. The number of carbonyl (C=O) groups excluding carboxylic acids is 4. The normalized spacial score (nSPS) is 13.8. The Bertz CT molecular complexity index is 1380. The number of esters is 1. The lowest BCUT2D eigenvalue weighted by molar-refractivity contribution is -0.165. The highest BCUT2D eigenvalue weighted by molar-refractivity contribution is 8.76. The van der Waals surface area contributed by atoms with Crippen molar-refractivity contribution in [1.82, 2.24) is 10.2 Å². The van der Waals surface area contributed by atoms with Crippen LogP contribution in [0.3, 0.4) is 0 Å². The third-order valence-corrected chi connectivity index (χ3v) is 8.98. The molecule has 0 aliphatic heterocycles. The summed E-state index contributed by atoms with van der Waals surface area (Å²) in [6, 6.07) is 11.6. The number of ether oxygens (including phenoxy) is 2. The Hall–Kier alpha value is -3.12. The molecule has 0 saturated carbocycles. The second-order valence-corrected chi connectivity index (χ2v) is 16.1. The van der Waals surface area contributed by atoms with E-state index >= 15 is 0 Å². The summed E-state index contributed by atoms with van der Waals surface area (Å²) in [4.78, 5) is 55.9. The molecule has 2 rings (SSSR count). The van der Waals surface area contributed by atoms with Crippen LogP contribution in [0, 0.1) is 23.5 Å². The molecule has 46 heavy (non-hydrogen) atoms. The van der Waals surface area contributed by atoms with Crippen molar-refractivity contribution in [2.24, 2.45) is 11.8 Å². The highest BCUT2D eigenvalue weighted by atomic mass is 33.1. The molecular formula is C34H46F2N2O6S2. The number of rotatable bonds is 13. The van der Waals surface area contributed by atoms with Gasteiger partial charge in [0, 0.05) is 17.8 Å². The number of halogens is 2. The van der Waals surface area contributed by atoms with Crippen LogP contribution in [0.5, 0.6) is 0 Å². The molecule has 8 nitrogen and oxygen atoms in total. The fourth-order valence-corrected chi connectivity index (χ4v) is 6.81. The van der Waals surface area contributed by atoms with Crippen molar-refractivity contribution in [2.45, 2.75) is 96.8 Å². The van der Waals surface area contributed by atoms with E-state index in [9.17, 15) is 28.0 Å². The minimum absolute atomic E-state index is 0.0130. The number of carbonyl (C=O) groups is 4. The molecular weight excluding hydrogens is 635 g/mol. The van der Waals surface area contributed by atoms with Crippen molar-refractivity contribution in [3.63, 3.8) is 0 Å². The lowest BCUT2D eigenvalue weighted by atomic mass is 9.88. The molecule has 12 heteroatoms. The first-order valence-electron chi connectivity index (χ1n) is 15.1. The van der Waals surface area contributed by atoms with Gasteiger partial charge in [0.05, 0.1) is 10.5 Å². The lowest BCUT2D eigenvalue weighted by Gasteiger charge is -2.35. The minimum Gasteiger partial charge on any atom is -0.459 e. The van der Waals surface area contributed by atoms with E-state index < -0.39 is 58.2 Å². The molecule has 0 aromatic heterocycles. The average Bonchev–Trinajstić information content (AvgIpc) is 2.91. The fraction of sp³-hybridized carbons (Fsp3) is 0.529. The molecule has 254 valence electrons. The van der Waals surface area contributed by atoms with E-state index in [4.69, 9.17) is 9.47 Å². The van der Waals surface area contributed by atoms with Gasteiger partial charge in [0.25, 0.3) is 5.91 Å². The molecule has 2 aromatic carbocycles. The van der Waals surface area contributed by atoms with E-state index in [1.165, 1.54) is 35.1 Å². The van der Waals surface area contributed by atoms with Crippen LogP contribution in [0.25, 0.3) is 0 Å². The molecule has 0 aliphatic carbocycles. The first-order chi connectivity index (χ1) is 21.2. The zero-order valence-corrected chi connectivity index (χ0v) is 29.7. The smallest absolute Gasteiger partial charge is 0.417 e. The summed E-state index contributed by atoms with van der Waals surface area (Å²) in [6.45, 7) is 15.4. The van der Waals surface area contributed by atoms with Crippen molar-refractivity contribution in [1.29, 1.82) is 0 Å². The van der Waals surface area contributed by atoms with Gasteiger partial charge >= 0.3 is 12.1 Å². The number of hydrogen-bond acceptors (Lipinski definition) is 8. The fourth-order valence-electron chi connectivity index (χ4n) is 4.15. The molecule has 0 bridgehead atoms. The van der Waals surface area contributed by atoms with Crippen LogP contribution in [-0.4, -0.2) is 57.8 Å². The van der Waals surface area contributed by atoms with E-state index in [1.54, 1.807) is 66.7 Å². The highest BCUT2D eigenvalue weighted by Crippen LogP contribution is 2.37. The molecule has 2 atom stereocenters. The number of nitrogens with zero attached hydrogens (tertiary/aromatic N) is 1. The van der Waals surface area contributed by atoms with Gasteiger partial charge in [-0.25, -0.2) is 18.5 Å². The Morgan fingerprint density at radius 1 is 0.848 bits per heavy atom. The molecule has 0 fully saturated rings. The predicted octanol–water partition coefficient (Wildman–Crippen LogP) is 8.05. The van der Waals surface area contributed by atoms with Crippen LogP contribution in [0.15, 0.2) is 53.4 Å². The maximum atomic E-state index is 14.6. The van der Waals surface area contributed by atoms with Gasteiger partial charge in [-0.3, -0.25) is 14.4 Å². The third kappa shape index (κ3) is 12.9. The van der Waals surface area contributed by atoms with E-state index in [1.807, 2.05) is 13.8 Å². The summed E-state index contributed by atoms with van der Waals surface area (Å²) in [5.41, 5.74) is -3.48. The summed E-state index contributed by atoms with van der Waals surface area (Å²) in [5, 5.41) is 2.81. The topological polar surface area (TPSA) is 102 Å². The van der Waals surface area contributed by atoms with Crippen LogP contribution in [0.4, 0.5) is 13.6 Å². The van der Waals surface area contributed by atoms with Gasteiger partial charge in [-0.05, 0) is 91.5 Å². The summed E-state index contributed by atoms with van der Waals surface area (Å²) in [5.74, 6) is -5.06. The second kappa shape index (κ2) is 16.6. The van der Waals surface area contributed by atoms with Gasteiger partial charge in [0.2, 0.25) is 5.91 Å². The van der Waals surface area contributed by atoms with E-state index in [-0.39, 0.29) is 30.2 Å². The standard InChI is InChI=1S/C34H46F2N2O6S2/c1-22(2)18-19-38(31(42)44-33(6,7)8)29(40)24(30(41)43-32(3,4)5)20-34(9,21-45-46-27-17-13-12-16-26(27)36)37-28(39)23-14-10-11-15-25(23)35/h10-17,22,24H,18-21H2,1-9H3,(H,37,39). The van der Waals surface area contributed by atoms with Gasteiger partial charge in [-0.1, -0.05) is 59.7 Å². The van der Waals surface area contributed by atoms with Crippen LogP contribution in [-0.2, 0) is 19.1 Å². The number of hydrogen-bond donors (Lipinski definition) is 1. The second-order valence-electron chi connectivity index (χ2n) is 13.7. The molecule has 0 heterocycles. The molecule has 0 spiro atoms. The Labute approximate surface area is 279 Å². The summed E-state index contributed by atoms with van der Waals surface area (Å²) in [7, 11) is 2.30. The number of benzene rings is 2. The number of amides is 3. The van der Waals surface area contributed by atoms with E-state index in [0.717, 1.165) is 21.8 Å². The van der Waals surface area contributed by atoms with Crippen LogP contribution < -0.4 is 5.32 Å². The van der Waals surface area contributed by atoms with Crippen LogP contribution >= 0.6 is 21.6 Å². The monoisotopic (exact) mass is 680 g/mol. The van der Waals surface area contributed by atoms with Crippen molar-refractivity contribution >= 4 is 45.5 Å². The van der Waals surface area contributed by atoms with Crippen LogP contribution in [0.1, 0.15) is 85.5 Å². The maximum absolute atomic E-state index is 14.6. The zero-order chi connectivity index (χ0) is 34.9. The highest BCUT2D eigenvalue weighted by Gasteiger charge is 2.43. The predicted molar refractivity (Wildman–Crippen MR) is 178 cm³/mol. The van der Waals surface area contributed by atoms with Gasteiger partial charge in [0.15, 0.2) is 0 Å². The van der Waals surface area contributed by atoms with Crippen LogP contribution in [0.2, 0.25) is 0 Å². The molecule has 0 aliphatic rings. The van der Waals surface area contributed by atoms with Gasteiger partial charge < -0.3 is 14.8 Å². The zero-order valence-electron chi connectivity index (χ0n) is 28.1. The molecule has 2 unspecified atom stereocenters. The molecule has 1 N–H and O–H groups in total. The molecule has 3 amide bonds. The molecule has 2 aromatic rings. The van der Waals surface area contributed by atoms with Gasteiger partial charge in [0.1, 0.15) is 28.8 Å². The first-order valence-corrected chi connectivity index (χ1v) is 17.4. The molecule has 0 radical (unpaired) electrons. The summed E-state index contributed by atoms with van der Waals surface area (Å²) < 4.78 is 40.2. The van der Waals surface area contributed by atoms with Crippen molar-refractivity contribution < 1.29 is 37.4 Å². The average molecular weight is 681 g/mol. The SMILES string of the molecule is CC(C)CCN(C(=O)OC(C)(C)C)C(=O)C(CC(C)(CSSc1ccccc1F)NC(=O)c1ccccc1F)C(=O)OC(C)(C)C. The Kier molecular flexibility index (Phi) is 14.1. The number of imide groups is 1. The van der Waals surface area contributed by atoms with Crippen molar-refractivity contribution in [3.8, 4) is 0 Å². The van der Waals surface area contributed by atoms with E-state index in [0.29, 0.717) is 11.3 Å². The summed E-state index contributed by atoms with van der Waals surface area (Å²) >= 11 is 0. The minimum atomic E-state index is -1.55. The summed E-state index contributed by atoms with van der Waals surface area (Å²) in [6.07, 6.45) is -0.775. The maximum Gasteiger partial charge on any atom is 0.417 e. The van der Waals surface area contributed by atoms with Crippen molar-refractivity contribution in [2.75, 3.05) is 12.3 Å². The number of nitrogens with one attached hydrogen (secondary N) is 1. The Balaban J connectivity index is 2.55. The third-order valence-electron chi connectivity index (χ3n) is 6.35. The largest absolute Gasteiger partial charge is 0.459 e. The lowest BCUT2D eigenvalue weighted by Crippen LogP contribution is -2.54. The Morgan fingerprint density at radius 3 is 1.96 bits per heavy atom. The Morgan fingerprint density at radius 2 is 1.41 bits per heavy atom. The van der Waals surface area contributed by atoms with Gasteiger partial charge in [-0.15, -0.1) is 0 Å². The van der Waals surface area contributed by atoms with Crippen molar-refractivity contribution in [3.05, 3.63) is 65.7 Å². The van der Waals surface area contributed by atoms with E-state index in [2.05, 4.69) is 5.32 Å². The quantitative estimate of drug-likeness (QED) is 0.129. The van der Waals surface area contributed by atoms with Gasteiger partial charge in [-0.2, -0.15) is 0 Å². The first kappa shape index (κ1) is 39.1.